The molecule has 0 unspecified atom stereocenters. The first kappa shape index (κ1) is 16.3. The van der Waals surface area contributed by atoms with Crippen LogP contribution in [0.2, 0.25) is 0 Å². The van der Waals surface area contributed by atoms with Crippen LogP contribution < -0.4 is 5.32 Å². The molecule has 0 atom stereocenters. The fourth-order valence-corrected chi connectivity index (χ4v) is 3.20. The number of anilines is 1. The third-order valence-electron chi connectivity index (χ3n) is 3.51. The van der Waals surface area contributed by atoms with E-state index in [4.69, 9.17) is 0 Å². The van der Waals surface area contributed by atoms with Gasteiger partial charge in [0.1, 0.15) is 11.4 Å². The van der Waals surface area contributed by atoms with E-state index >= 15 is 0 Å². The van der Waals surface area contributed by atoms with Gasteiger partial charge in [0.2, 0.25) is 5.91 Å². The SMILES string of the molecule is Cc1nonc1CC(=O)Nc1ccccc1Sc1c(C)n[nH]c1C. The Morgan fingerprint density at radius 1 is 1.21 bits per heavy atom. The summed E-state index contributed by atoms with van der Waals surface area (Å²) in [6.07, 6.45) is 0.123. The number of rotatable bonds is 5. The van der Waals surface area contributed by atoms with Crippen LogP contribution in [0.15, 0.2) is 38.7 Å². The van der Waals surface area contributed by atoms with Gasteiger partial charge >= 0.3 is 0 Å². The highest BCUT2D eigenvalue weighted by molar-refractivity contribution is 7.99. The summed E-state index contributed by atoms with van der Waals surface area (Å²) in [5.74, 6) is -0.164. The van der Waals surface area contributed by atoms with E-state index in [1.165, 1.54) is 0 Å². The summed E-state index contributed by atoms with van der Waals surface area (Å²) in [4.78, 5) is 14.3. The summed E-state index contributed by atoms with van der Waals surface area (Å²) < 4.78 is 4.62. The van der Waals surface area contributed by atoms with Gasteiger partial charge in [-0.25, -0.2) is 4.63 Å². The Labute approximate surface area is 143 Å². The van der Waals surface area contributed by atoms with Crippen molar-refractivity contribution in [2.24, 2.45) is 0 Å². The van der Waals surface area contributed by atoms with Gasteiger partial charge in [0.15, 0.2) is 0 Å². The van der Waals surface area contributed by atoms with E-state index in [0.29, 0.717) is 11.4 Å². The van der Waals surface area contributed by atoms with Crippen LogP contribution in [-0.2, 0) is 11.2 Å². The molecule has 0 saturated carbocycles. The van der Waals surface area contributed by atoms with E-state index < -0.39 is 0 Å². The van der Waals surface area contributed by atoms with E-state index in [1.807, 2.05) is 38.1 Å². The second kappa shape index (κ2) is 6.88. The number of hydrogen-bond acceptors (Lipinski definition) is 6. The molecule has 3 rings (SSSR count). The number of carbonyl (C=O) groups excluding carboxylic acids is 1. The Hall–Kier alpha value is -2.61. The summed E-state index contributed by atoms with van der Waals surface area (Å²) in [7, 11) is 0. The molecule has 0 aliphatic rings. The van der Waals surface area contributed by atoms with Gasteiger partial charge in [-0.3, -0.25) is 9.89 Å². The zero-order chi connectivity index (χ0) is 17.1. The lowest BCUT2D eigenvalue weighted by Crippen LogP contribution is -2.15. The van der Waals surface area contributed by atoms with Crippen molar-refractivity contribution < 1.29 is 9.42 Å². The Bertz CT molecular complexity index is 851. The van der Waals surface area contributed by atoms with Gasteiger partial charge in [-0.15, -0.1) is 0 Å². The molecule has 7 nitrogen and oxygen atoms in total. The molecule has 0 aliphatic heterocycles. The molecule has 0 spiro atoms. The number of carbonyl (C=O) groups is 1. The molecule has 2 aromatic heterocycles. The average Bonchev–Trinajstić information content (AvgIpc) is 3.09. The molecule has 0 aliphatic carbocycles. The molecule has 0 fully saturated rings. The van der Waals surface area contributed by atoms with Crippen molar-refractivity contribution in [3.63, 3.8) is 0 Å². The summed E-state index contributed by atoms with van der Waals surface area (Å²) in [6, 6.07) is 7.67. The van der Waals surface area contributed by atoms with Crippen molar-refractivity contribution in [2.45, 2.75) is 37.0 Å². The summed E-state index contributed by atoms with van der Waals surface area (Å²) in [5.41, 5.74) is 3.85. The fraction of sp³-hybridized carbons (Fsp3) is 0.250. The van der Waals surface area contributed by atoms with Crippen molar-refractivity contribution in [1.82, 2.24) is 20.5 Å². The van der Waals surface area contributed by atoms with Crippen LogP contribution in [-0.4, -0.2) is 26.4 Å². The molecule has 2 heterocycles. The lowest BCUT2D eigenvalue weighted by Gasteiger charge is -2.10. The van der Waals surface area contributed by atoms with Crippen LogP contribution in [0, 0.1) is 20.8 Å². The first-order valence-electron chi connectivity index (χ1n) is 7.41. The smallest absolute Gasteiger partial charge is 0.230 e. The lowest BCUT2D eigenvalue weighted by molar-refractivity contribution is -0.115. The van der Waals surface area contributed by atoms with Gasteiger partial charge in [-0.05, 0) is 32.9 Å². The van der Waals surface area contributed by atoms with Gasteiger partial charge in [0.05, 0.1) is 22.7 Å². The molecule has 1 amide bonds. The minimum atomic E-state index is -0.164. The van der Waals surface area contributed by atoms with Gasteiger partial charge in [-0.2, -0.15) is 5.10 Å². The van der Waals surface area contributed by atoms with Crippen molar-refractivity contribution in [1.29, 1.82) is 0 Å². The van der Waals surface area contributed by atoms with Gasteiger partial charge in [-0.1, -0.05) is 34.2 Å². The second-order valence-corrected chi connectivity index (χ2v) is 6.43. The first-order valence-corrected chi connectivity index (χ1v) is 8.22. The van der Waals surface area contributed by atoms with Crippen LogP contribution in [0.4, 0.5) is 5.69 Å². The third-order valence-corrected chi connectivity index (χ3v) is 4.89. The van der Waals surface area contributed by atoms with Crippen LogP contribution in [0.1, 0.15) is 22.8 Å². The Morgan fingerprint density at radius 3 is 2.67 bits per heavy atom. The Balaban J connectivity index is 1.77. The van der Waals surface area contributed by atoms with E-state index in [-0.39, 0.29) is 12.3 Å². The highest BCUT2D eigenvalue weighted by Crippen LogP contribution is 2.36. The molecule has 3 aromatic rings. The number of aromatic amines is 1. The molecule has 1 aromatic carbocycles. The summed E-state index contributed by atoms with van der Waals surface area (Å²) in [6.45, 7) is 5.69. The van der Waals surface area contributed by atoms with E-state index in [0.717, 1.165) is 26.9 Å². The number of aryl methyl sites for hydroxylation is 3. The second-order valence-electron chi connectivity index (χ2n) is 5.38. The minimum Gasteiger partial charge on any atom is -0.325 e. The third kappa shape index (κ3) is 3.48. The van der Waals surface area contributed by atoms with E-state index in [2.05, 4.69) is 30.5 Å². The number of nitrogens with zero attached hydrogens (tertiary/aromatic N) is 3. The fourth-order valence-electron chi connectivity index (χ4n) is 2.22. The number of nitrogens with one attached hydrogen (secondary N) is 2. The predicted molar refractivity (Wildman–Crippen MR) is 90.0 cm³/mol. The molecule has 0 bridgehead atoms. The Morgan fingerprint density at radius 2 is 2.00 bits per heavy atom. The molecule has 8 heteroatoms. The molecule has 124 valence electrons. The van der Waals surface area contributed by atoms with Gasteiger partial charge in [0, 0.05) is 10.6 Å². The lowest BCUT2D eigenvalue weighted by atomic mass is 10.2. The molecule has 24 heavy (non-hydrogen) atoms. The maximum Gasteiger partial charge on any atom is 0.230 e. The van der Waals surface area contributed by atoms with Crippen molar-refractivity contribution >= 4 is 23.4 Å². The van der Waals surface area contributed by atoms with Crippen molar-refractivity contribution in [2.75, 3.05) is 5.32 Å². The number of amides is 1. The standard InChI is InChI=1S/C16H17N5O2S/c1-9-13(21-23-20-9)8-15(22)17-12-6-4-5-7-14(12)24-16-10(2)18-19-11(16)3/h4-7H,8H2,1-3H3,(H,17,22)(H,18,19). The zero-order valence-electron chi connectivity index (χ0n) is 13.6. The van der Waals surface area contributed by atoms with Crippen LogP contribution in [0.25, 0.3) is 0 Å². The van der Waals surface area contributed by atoms with Crippen molar-refractivity contribution in [3.8, 4) is 0 Å². The Kier molecular flexibility index (Phi) is 4.66. The maximum absolute atomic E-state index is 12.3. The molecular formula is C16H17N5O2S. The van der Waals surface area contributed by atoms with E-state index in [1.54, 1.807) is 18.7 Å². The number of para-hydroxylation sites is 1. The molecule has 0 saturated heterocycles. The summed E-state index contributed by atoms with van der Waals surface area (Å²) in [5, 5.41) is 17.5. The molecule has 2 N–H and O–H groups in total. The summed E-state index contributed by atoms with van der Waals surface area (Å²) >= 11 is 1.57. The minimum absolute atomic E-state index is 0.123. The number of benzene rings is 1. The maximum atomic E-state index is 12.3. The average molecular weight is 343 g/mol. The largest absolute Gasteiger partial charge is 0.325 e. The highest BCUT2D eigenvalue weighted by Gasteiger charge is 2.15. The number of aromatic nitrogens is 4. The van der Waals surface area contributed by atoms with Crippen molar-refractivity contribution in [3.05, 3.63) is 47.0 Å². The molecular weight excluding hydrogens is 326 g/mol. The zero-order valence-corrected chi connectivity index (χ0v) is 14.4. The van der Waals surface area contributed by atoms with Crippen LogP contribution in [0.3, 0.4) is 0 Å². The van der Waals surface area contributed by atoms with Crippen LogP contribution >= 0.6 is 11.8 Å². The molecule has 0 radical (unpaired) electrons. The number of H-pyrrole nitrogens is 1. The van der Waals surface area contributed by atoms with E-state index in [9.17, 15) is 4.79 Å². The van der Waals surface area contributed by atoms with Crippen LogP contribution in [0.5, 0.6) is 0 Å². The monoisotopic (exact) mass is 343 g/mol. The normalized spacial score (nSPS) is 10.8. The number of hydrogen-bond donors (Lipinski definition) is 2. The first-order chi connectivity index (χ1) is 11.5. The predicted octanol–water partition coefficient (Wildman–Crippen LogP) is 3.05. The van der Waals surface area contributed by atoms with Gasteiger partial charge < -0.3 is 5.32 Å². The van der Waals surface area contributed by atoms with Gasteiger partial charge in [0.25, 0.3) is 0 Å². The highest BCUT2D eigenvalue weighted by atomic mass is 32.2. The quantitative estimate of drug-likeness (QED) is 0.739. The topological polar surface area (TPSA) is 96.7 Å².